The Labute approximate surface area is 181 Å². The Hall–Kier alpha value is -3.59. The third-order valence-electron chi connectivity index (χ3n) is 5.12. The molecule has 9 heteroatoms. The van der Waals surface area contributed by atoms with Crippen molar-refractivity contribution in [2.45, 2.75) is 20.4 Å². The van der Waals surface area contributed by atoms with Crippen molar-refractivity contribution in [3.05, 3.63) is 62.6 Å². The van der Waals surface area contributed by atoms with Gasteiger partial charge in [-0.05, 0) is 49.7 Å². The summed E-state index contributed by atoms with van der Waals surface area (Å²) in [7, 11) is 3.08. The Balaban J connectivity index is 1.95. The van der Waals surface area contributed by atoms with Crippen molar-refractivity contribution < 1.29 is 23.8 Å². The minimum Gasteiger partial charge on any atom is -0.493 e. The van der Waals surface area contributed by atoms with Crippen LogP contribution in [0.2, 0.25) is 0 Å². The van der Waals surface area contributed by atoms with Gasteiger partial charge in [-0.15, -0.1) is 11.3 Å². The van der Waals surface area contributed by atoms with E-state index in [2.05, 4.69) is 0 Å². The van der Waals surface area contributed by atoms with Crippen molar-refractivity contribution in [3.8, 4) is 22.9 Å². The Morgan fingerprint density at radius 1 is 1.16 bits per heavy atom. The highest BCUT2D eigenvalue weighted by molar-refractivity contribution is 7.18. The summed E-state index contributed by atoms with van der Waals surface area (Å²) in [5, 5.41) is 9.69. The molecule has 0 radical (unpaired) electrons. The largest absolute Gasteiger partial charge is 0.493 e. The number of nitrogens with zero attached hydrogens (tertiary/aromatic N) is 2. The van der Waals surface area contributed by atoms with Gasteiger partial charge < -0.3 is 19.0 Å². The molecule has 8 nitrogen and oxygen atoms in total. The van der Waals surface area contributed by atoms with E-state index in [1.54, 1.807) is 31.4 Å². The van der Waals surface area contributed by atoms with Gasteiger partial charge >= 0.3 is 5.97 Å². The highest BCUT2D eigenvalue weighted by Gasteiger charge is 2.20. The number of carboxylic acid groups (broad SMARTS) is 1. The molecule has 0 amide bonds. The molecule has 0 saturated heterocycles. The second-order valence-electron chi connectivity index (χ2n) is 6.93. The van der Waals surface area contributed by atoms with Crippen LogP contribution in [0, 0.1) is 13.8 Å². The van der Waals surface area contributed by atoms with Crippen LogP contribution in [0.1, 0.15) is 26.8 Å². The minimum absolute atomic E-state index is 0.0348. The summed E-state index contributed by atoms with van der Waals surface area (Å²) in [5.41, 5.74) is 1.33. The van der Waals surface area contributed by atoms with Gasteiger partial charge in [0.05, 0.1) is 26.2 Å². The number of ether oxygens (including phenoxy) is 2. The van der Waals surface area contributed by atoms with Crippen LogP contribution in [0.3, 0.4) is 0 Å². The van der Waals surface area contributed by atoms with Gasteiger partial charge in [-0.2, -0.15) is 0 Å². The summed E-state index contributed by atoms with van der Waals surface area (Å²) in [5.74, 6) is 0.468. The zero-order valence-electron chi connectivity index (χ0n) is 17.4. The second kappa shape index (κ2) is 7.92. The van der Waals surface area contributed by atoms with Crippen molar-refractivity contribution in [2.24, 2.45) is 0 Å². The number of thiophene rings is 1. The summed E-state index contributed by atoms with van der Waals surface area (Å²) in [6.07, 6.45) is 0. The van der Waals surface area contributed by atoms with E-state index in [9.17, 15) is 9.59 Å². The molecule has 0 fully saturated rings. The highest BCUT2D eigenvalue weighted by Crippen LogP contribution is 2.33. The highest BCUT2D eigenvalue weighted by atomic mass is 32.1. The zero-order chi connectivity index (χ0) is 22.3. The van der Waals surface area contributed by atoms with E-state index >= 15 is 0 Å². The molecule has 0 spiro atoms. The molecule has 0 bridgehead atoms. The van der Waals surface area contributed by atoms with Crippen molar-refractivity contribution in [1.29, 1.82) is 0 Å². The standard InChI is InChI=1S/C22H20N2O6S/c1-11-12(2)31-20-18(11)21(25)24(10-14-6-8-16(30-14)22(26)27)19(23-20)13-5-7-15(28-3)17(9-13)29-4/h5-9H,10H2,1-4H3,(H,26,27). The fourth-order valence-corrected chi connectivity index (χ4v) is 4.42. The van der Waals surface area contributed by atoms with Crippen LogP contribution >= 0.6 is 11.3 Å². The maximum Gasteiger partial charge on any atom is 0.371 e. The predicted molar refractivity (Wildman–Crippen MR) is 117 cm³/mol. The molecule has 0 aliphatic carbocycles. The maximum absolute atomic E-state index is 13.5. The van der Waals surface area contributed by atoms with Crippen LogP contribution in [-0.2, 0) is 6.54 Å². The molecule has 0 unspecified atom stereocenters. The van der Waals surface area contributed by atoms with Crippen molar-refractivity contribution in [3.63, 3.8) is 0 Å². The quantitative estimate of drug-likeness (QED) is 0.481. The summed E-state index contributed by atoms with van der Waals surface area (Å²) in [6.45, 7) is 3.88. The van der Waals surface area contributed by atoms with Gasteiger partial charge in [0.25, 0.3) is 5.56 Å². The van der Waals surface area contributed by atoms with Gasteiger partial charge in [0.2, 0.25) is 5.76 Å². The summed E-state index contributed by atoms with van der Waals surface area (Å²) in [6, 6.07) is 8.20. The molecule has 4 aromatic rings. The van der Waals surface area contributed by atoms with Crippen LogP contribution in [0.5, 0.6) is 11.5 Å². The lowest BCUT2D eigenvalue weighted by atomic mass is 10.1. The number of aryl methyl sites for hydroxylation is 2. The van der Waals surface area contributed by atoms with Gasteiger partial charge in [0.15, 0.2) is 11.5 Å². The Morgan fingerprint density at radius 3 is 2.55 bits per heavy atom. The normalized spacial score (nSPS) is 11.1. The van der Waals surface area contributed by atoms with E-state index in [4.69, 9.17) is 24.0 Å². The topological polar surface area (TPSA) is 104 Å². The van der Waals surface area contributed by atoms with Gasteiger partial charge in [-0.1, -0.05) is 0 Å². The molecule has 31 heavy (non-hydrogen) atoms. The number of hydrogen-bond donors (Lipinski definition) is 1. The fourth-order valence-electron chi connectivity index (χ4n) is 3.40. The van der Waals surface area contributed by atoms with Gasteiger partial charge in [-0.25, -0.2) is 9.78 Å². The lowest BCUT2D eigenvalue weighted by Crippen LogP contribution is -2.24. The zero-order valence-corrected chi connectivity index (χ0v) is 18.2. The summed E-state index contributed by atoms with van der Waals surface area (Å²) >= 11 is 1.46. The third kappa shape index (κ3) is 3.57. The van der Waals surface area contributed by atoms with E-state index in [0.29, 0.717) is 38.9 Å². The number of fused-ring (bicyclic) bond motifs is 1. The molecular formula is C22H20N2O6S. The fraction of sp³-hybridized carbons (Fsp3) is 0.227. The average molecular weight is 440 g/mol. The van der Waals surface area contributed by atoms with E-state index in [0.717, 1.165) is 10.4 Å². The Bertz CT molecular complexity index is 1360. The Kier molecular flexibility index (Phi) is 5.28. The number of carboxylic acids is 1. The SMILES string of the molecule is COc1ccc(-c2nc3sc(C)c(C)c3c(=O)n2Cc2ccc(C(=O)O)o2)cc1OC. The lowest BCUT2D eigenvalue weighted by molar-refractivity contribution is 0.0660. The number of aromatic nitrogens is 2. The number of carbonyl (C=O) groups is 1. The van der Waals surface area contributed by atoms with E-state index < -0.39 is 5.97 Å². The lowest BCUT2D eigenvalue weighted by Gasteiger charge is -2.14. The molecule has 0 atom stereocenters. The Morgan fingerprint density at radius 2 is 1.90 bits per heavy atom. The van der Waals surface area contributed by atoms with Crippen molar-refractivity contribution in [1.82, 2.24) is 9.55 Å². The van der Waals surface area contributed by atoms with Gasteiger partial charge in [-0.3, -0.25) is 9.36 Å². The molecule has 1 N–H and O–H groups in total. The van der Waals surface area contributed by atoms with E-state index in [1.807, 2.05) is 13.8 Å². The first kappa shape index (κ1) is 20.7. The van der Waals surface area contributed by atoms with Crippen LogP contribution in [0.25, 0.3) is 21.6 Å². The summed E-state index contributed by atoms with van der Waals surface area (Å²) < 4.78 is 17.6. The number of methoxy groups -OCH3 is 2. The molecule has 0 saturated carbocycles. The second-order valence-corrected chi connectivity index (χ2v) is 8.13. The maximum atomic E-state index is 13.5. The van der Waals surface area contributed by atoms with Gasteiger partial charge in [0.1, 0.15) is 16.4 Å². The first-order valence-electron chi connectivity index (χ1n) is 9.39. The van der Waals surface area contributed by atoms with Crippen LogP contribution in [-0.4, -0.2) is 34.8 Å². The summed E-state index contributed by atoms with van der Waals surface area (Å²) in [4.78, 5) is 31.1. The molecule has 3 aromatic heterocycles. The van der Waals surface area contributed by atoms with Crippen LogP contribution < -0.4 is 15.0 Å². The molecule has 4 rings (SSSR count). The van der Waals surface area contributed by atoms with Gasteiger partial charge in [0, 0.05) is 10.4 Å². The number of aromatic carboxylic acids is 1. The third-order valence-corrected chi connectivity index (χ3v) is 6.22. The van der Waals surface area contributed by atoms with E-state index in [1.165, 1.54) is 29.1 Å². The number of furan rings is 1. The molecule has 3 heterocycles. The molecule has 0 aliphatic heterocycles. The molecule has 0 aliphatic rings. The average Bonchev–Trinajstić information content (AvgIpc) is 3.34. The van der Waals surface area contributed by atoms with Crippen LogP contribution in [0.15, 0.2) is 39.5 Å². The molecule has 1 aromatic carbocycles. The number of hydrogen-bond acceptors (Lipinski definition) is 7. The van der Waals surface area contributed by atoms with E-state index in [-0.39, 0.29) is 17.9 Å². The van der Waals surface area contributed by atoms with Crippen molar-refractivity contribution in [2.75, 3.05) is 14.2 Å². The predicted octanol–water partition coefficient (Wildman–Crippen LogP) is 4.10. The number of benzene rings is 1. The first-order chi connectivity index (χ1) is 14.8. The minimum atomic E-state index is -1.17. The number of rotatable bonds is 6. The van der Waals surface area contributed by atoms with Crippen molar-refractivity contribution >= 4 is 27.5 Å². The molecular weight excluding hydrogens is 420 g/mol. The van der Waals surface area contributed by atoms with Crippen LogP contribution in [0.4, 0.5) is 0 Å². The first-order valence-corrected chi connectivity index (χ1v) is 10.2. The monoisotopic (exact) mass is 440 g/mol. The molecule has 160 valence electrons. The smallest absolute Gasteiger partial charge is 0.371 e.